The van der Waals surface area contributed by atoms with Crippen LogP contribution in [-0.4, -0.2) is 46.6 Å². The lowest BCUT2D eigenvalue weighted by Crippen LogP contribution is -2.34. The van der Waals surface area contributed by atoms with Crippen LogP contribution in [0.3, 0.4) is 0 Å². The zero-order chi connectivity index (χ0) is 16.9. The number of nitrogens with zero attached hydrogens (tertiary/aromatic N) is 3. The second kappa shape index (κ2) is 7.68. The van der Waals surface area contributed by atoms with Crippen molar-refractivity contribution in [3.8, 4) is 11.8 Å². The van der Waals surface area contributed by atoms with Crippen LogP contribution in [0.2, 0.25) is 10.0 Å². The van der Waals surface area contributed by atoms with Gasteiger partial charge in [0.05, 0.1) is 11.6 Å². The van der Waals surface area contributed by atoms with Crippen LogP contribution in [0.15, 0.2) is 36.7 Å². The number of carbonyl (C=O) groups excluding carboxylic acids is 1. The zero-order valence-corrected chi connectivity index (χ0v) is 14.2. The number of hydrogen-bond acceptors (Lipinski definition) is 5. The zero-order valence-electron chi connectivity index (χ0n) is 12.7. The third-order valence-corrected chi connectivity index (χ3v) is 4.09. The van der Waals surface area contributed by atoms with Crippen molar-refractivity contribution in [3.63, 3.8) is 0 Å². The Morgan fingerprint density at radius 1 is 1.29 bits per heavy atom. The molecule has 3 rings (SSSR count). The minimum absolute atomic E-state index is 0.0874. The second-order valence-electron chi connectivity index (χ2n) is 5.26. The number of ether oxygens (including phenoxy) is 2. The summed E-state index contributed by atoms with van der Waals surface area (Å²) < 4.78 is 11.1. The molecule has 0 radical (unpaired) electrons. The Balaban J connectivity index is 1.49. The predicted molar refractivity (Wildman–Crippen MR) is 89.6 cm³/mol. The number of benzene rings is 1. The molecule has 1 aromatic heterocycles. The fourth-order valence-electron chi connectivity index (χ4n) is 2.37. The molecular formula is C16H15Cl2N3O3. The average molecular weight is 368 g/mol. The first-order valence-corrected chi connectivity index (χ1v) is 8.17. The Morgan fingerprint density at radius 2 is 2.08 bits per heavy atom. The van der Waals surface area contributed by atoms with Crippen LogP contribution in [0.4, 0.5) is 0 Å². The average Bonchev–Trinajstić information content (AvgIpc) is 3.03. The van der Waals surface area contributed by atoms with Crippen LogP contribution in [0.1, 0.15) is 6.42 Å². The molecular weight excluding hydrogens is 353 g/mol. The molecule has 1 atom stereocenters. The fraction of sp³-hybridized carbons (Fsp3) is 0.312. The van der Waals surface area contributed by atoms with E-state index in [0.29, 0.717) is 34.9 Å². The quantitative estimate of drug-likeness (QED) is 0.812. The van der Waals surface area contributed by atoms with Gasteiger partial charge in [-0.2, -0.15) is 0 Å². The topological polar surface area (TPSA) is 64.5 Å². The van der Waals surface area contributed by atoms with Gasteiger partial charge in [0.2, 0.25) is 0 Å². The summed E-state index contributed by atoms with van der Waals surface area (Å²) in [5.41, 5.74) is 0. The van der Waals surface area contributed by atoms with E-state index in [1.54, 1.807) is 41.6 Å². The highest BCUT2D eigenvalue weighted by Gasteiger charge is 2.28. The van der Waals surface area contributed by atoms with Crippen molar-refractivity contribution in [2.24, 2.45) is 0 Å². The van der Waals surface area contributed by atoms with Crippen molar-refractivity contribution >= 4 is 29.1 Å². The number of aromatic nitrogens is 2. The fourth-order valence-corrected chi connectivity index (χ4v) is 2.83. The van der Waals surface area contributed by atoms with Crippen molar-refractivity contribution < 1.29 is 14.3 Å². The lowest BCUT2D eigenvalue weighted by molar-refractivity contribution is -0.132. The minimum Gasteiger partial charge on any atom is -0.482 e. The molecule has 1 saturated heterocycles. The summed E-state index contributed by atoms with van der Waals surface area (Å²) in [6, 6.07) is 6.91. The molecule has 0 N–H and O–H groups in total. The maximum atomic E-state index is 12.2. The number of halogens is 2. The van der Waals surface area contributed by atoms with E-state index >= 15 is 0 Å². The SMILES string of the molecule is O=C(COc1ccc(Cl)cc1Cl)N1CC[C@H](Oc2ncccn2)C1. The third kappa shape index (κ3) is 4.27. The van der Waals surface area contributed by atoms with Gasteiger partial charge in [0.15, 0.2) is 6.61 Å². The highest BCUT2D eigenvalue weighted by Crippen LogP contribution is 2.27. The Hall–Kier alpha value is -2.05. The Labute approximate surface area is 149 Å². The summed E-state index contributed by atoms with van der Waals surface area (Å²) in [4.78, 5) is 22.0. The molecule has 24 heavy (non-hydrogen) atoms. The van der Waals surface area contributed by atoms with Crippen LogP contribution in [0.5, 0.6) is 11.8 Å². The van der Waals surface area contributed by atoms with Gasteiger partial charge in [-0.1, -0.05) is 23.2 Å². The Kier molecular flexibility index (Phi) is 5.37. The molecule has 1 aliphatic heterocycles. The number of amides is 1. The summed E-state index contributed by atoms with van der Waals surface area (Å²) in [5.74, 6) is 0.306. The van der Waals surface area contributed by atoms with E-state index < -0.39 is 0 Å². The molecule has 2 aromatic rings. The highest BCUT2D eigenvalue weighted by atomic mass is 35.5. The number of carbonyl (C=O) groups is 1. The molecule has 126 valence electrons. The lowest BCUT2D eigenvalue weighted by atomic mass is 10.3. The maximum Gasteiger partial charge on any atom is 0.316 e. The summed E-state index contributed by atoms with van der Waals surface area (Å²) in [6.45, 7) is 0.999. The van der Waals surface area contributed by atoms with Crippen LogP contribution < -0.4 is 9.47 Å². The Morgan fingerprint density at radius 3 is 2.83 bits per heavy atom. The summed E-state index contributed by atoms with van der Waals surface area (Å²) in [6.07, 6.45) is 3.84. The number of hydrogen-bond donors (Lipinski definition) is 0. The van der Waals surface area contributed by atoms with E-state index in [1.165, 1.54) is 0 Å². The van der Waals surface area contributed by atoms with Gasteiger partial charge in [0.25, 0.3) is 5.91 Å². The van der Waals surface area contributed by atoms with E-state index in [4.69, 9.17) is 32.7 Å². The van der Waals surface area contributed by atoms with Gasteiger partial charge < -0.3 is 14.4 Å². The standard InChI is InChI=1S/C16H15Cl2N3O3/c17-11-2-3-14(13(18)8-11)23-10-15(22)21-7-4-12(9-21)24-16-19-5-1-6-20-16/h1-3,5-6,8,12H,4,7,9-10H2/t12-/m0/s1. The maximum absolute atomic E-state index is 12.2. The molecule has 1 aromatic carbocycles. The van der Waals surface area contributed by atoms with Crippen LogP contribution >= 0.6 is 23.2 Å². The largest absolute Gasteiger partial charge is 0.482 e. The van der Waals surface area contributed by atoms with Gasteiger partial charge >= 0.3 is 6.01 Å². The van der Waals surface area contributed by atoms with Crippen molar-refractivity contribution in [2.75, 3.05) is 19.7 Å². The van der Waals surface area contributed by atoms with E-state index in [-0.39, 0.29) is 18.6 Å². The van der Waals surface area contributed by atoms with Gasteiger partial charge in [-0.3, -0.25) is 4.79 Å². The smallest absolute Gasteiger partial charge is 0.316 e. The first-order valence-electron chi connectivity index (χ1n) is 7.41. The summed E-state index contributed by atoms with van der Waals surface area (Å²) >= 11 is 11.8. The molecule has 0 spiro atoms. The van der Waals surface area contributed by atoms with Gasteiger partial charge in [-0.15, -0.1) is 0 Å². The minimum atomic E-state index is -0.124. The van der Waals surface area contributed by atoms with Crippen LogP contribution in [0.25, 0.3) is 0 Å². The molecule has 0 unspecified atom stereocenters. The molecule has 1 aliphatic rings. The molecule has 6 nitrogen and oxygen atoms in total. The van der Waals surface area contributed by atoms with Crippen LogP contribution in [0, 0.1) is 0 Å². The normalized spacial score (nSPS) is 16.9. The molecule has 0 saturated carbocycles. The van der Waals surface area contributed by atoms with Gasteiger partial charge in [-0.05, 0) is 24.3 Å². The van der Waals surface area contributed by atoms with E-state index in [2.05, 4.69) is 9.97 Å². The molecule has 0 bridgehead atoms. The molecule has 0 aliphatic carbocycles. The van der Waals surface area contributed by atoms with Crippen LogP contribution in [-0.2, 0) is 4.79 Å². The van der Waals surface area contributed by atoms with Crippen molar-refractivity contribution in [1.29, 1.82) is 0 Å². The first kappa shape index (κ1) is 16.8. The van der Waals surface area contributed by atoms with E-state index in [1.807, 2.05) is 0 Å². The lowest BCUT2D eigenvalue weighted by Gasteiger charge is -2.17. The first-order chi connectivity index (χ1) is 11.6. The summed E-state index contributed by atoms with van der Waals surface area (Å²) in [5, 5.41) is 0.889. The molecule has 1 fully saturated rings. The van der Waals surface area contributed by atoms with Crippen molar-refractivity contribution in [2.45, 2.75) is 12.5 Å². The number of likely N-dealkylation sites (tertiary alicyclic amines) is 1. The van der Waals surface area contributed by atoms with Gasteiger partial charge in [-0.25, -0.2) is 9.97 Å². The predicted octanol–water partition coefficient (Wildman–Crippen LogP) is 2.84. The molecule has 1 amide bonds. The van der Waals surface area contributed by atoms with E-state index in [9.17, 15) is 4.79 Å². The van der Waals surface area contributed by atoms with Crippen molar-refractivity contribution in [1.82, 2.24) is 14.9 Å². The Bertz CT molecular complexity index is 715. The number of rotatable bonds is 5. The summed E-state index contributed by atoms with van der Waals surface area (Å²) in [7, 11) is 0. The third-order valence-electron chi connectivity index (χ3n) is 3.56. The molecule has 8 heteroatoms. The van der Waals surface area contributed by atoms with Crippen molar-refractivity contribution in [3.05, 3.63) is 46.7 Å². The molecule has 2 heterocycles. The van der Waals surface area contributed by atoms with Gasteiger partial charge in [0, 0.05) is 30.4 Å². The monoisotopic (exact) mass is 367 g/mol. The van der Waals surface area contributed by atoms with Gasteiger partial charge in [0.1, 0.15) is 11.9 Å². The highest BCUT2D eigenvalue weighted by molar-refractivity contribution is 6.35. The van der Waals surface area contributed by atoms with E-state index in [0.717, 1.165) is 6.42 Å². The second-order valence-corrected chi connectivity index (χ2v) is 6.11.